The third-order valence-electron chi connectivity index (χ3n) is 10.9. The number of hydrogen-bond donors (Lipinski definition) is 0. The average Bonchev–Trinajstić information content (AvgIpc) is 3.07. The molecule has 0 aliphatic carbocycles. The fraction of sp³-hybridized carbons (Fsp3) is 0.864. The highest BCUT2D eigenvalue weighted by Crippen LogP contribution is 2.21. The maximum atomic E-state index is 11.4. The molecule has 0 fully saturated rings. The molecule has 0 bridgehead atoms. The Balaban J connectivity index is 2.24. The van der Waals surface area contributed by atoms with Crippen molar-refractivity contribution in [3.8, 4) is 0 Å². The summed E-state index contributed by atoms with van der Waals surface area (Å²) >= 11 is 0. The van der Waals surface area contributed by atoms with Gasteiger partial charge in [-0.2, -0.15) is 0 Å². The molecule has 5 heteroatoms. The minimum Gasteiger partial charge on any atom is -0.744 e. The van der Waals surface area contributed by atoms with Gasteiger partial charge in [-0.25, -0.2) is 8.42 Å². The molecule has 1 aromatic carbocycles. The lowest BCUT2D eigenvalue weighted by Gasteiger charge is -2.35. The van der Waals surface area contributed by atoms with Crippen molar-refractivity contribution in [2.75, 3.05) is 20.1 Å². The van der Waals surface area contributed by atoms with E-state index in [1.807, 2.05) is 12.1 Å². The highest BCUT2D eigenvalue weighted by Gasteiger charge is 2.21. The van der Waals surface area contributed by atoms with Crippen LogP contribution in [0, 0.1) is 0 Å². The number of quaternary nitrogens is 1. The van der Waals surface area contributed by atoms with E-state index in [1.54, 1.807) is 0 Å². The van der Waals surface area contributed by atoms with Crippen molar-refractivity contribution in [1.29, 1.82) is 0 Å². The van der Waals surface area contributed by atoms with Gasteiger partial charge in [-0.1, -0.05) is 206 Å². The van der Waals surface area contributed by atoms with Crippen LogP contribution in [0.2, 0.25) is 0 Å². The zero-order chi connectivity index (χ0) is 35.7. The Labute approximate surface area is 307 Å². The van der Waals surface area contributed by atoms with Crippen LogP contribution in [0.3, 0.4) is 0 Å². The van der Waals surface area contributed by atoms with E-state index in [-0.39, 0.29) is 4.90 Å². The molecule has 0 spiro atoms. The molecule has 0 radical (unpaired) electrons. The summed E-state index contributed by atoms with van der Waals surface area (Å²) in [5, 5.41) is 0. The van der Waals surface area contributed by atoms with Crippen molar-refractivity contribution < 1.29 is 17.5 Å². The number of rotatable bonds is 37. The van der Waals surface area contributed by atoms with Crippen molar-refractivity contribution in [3.63, 3.8) is 0 Å². The molecule has 1 aromatic rings. The van der Waals surface area contributed by atoms with Gasteiger partial charge in [0, 0.05) is 5.56 Å². The molecule has 0 saturated carbocycles. The lowest BCUT2D eigenvalue weighted by molar-refractivity contribution is -0.923. The molecule has 0 atom stereocenters. The molecule has 0 N–H and O–H groups in total. The van der Waals surface area contributed by atoms with E-state index in [1.165, 1.54) is 231 Å². The largest absolute Gasteiger partial charge is 0.744 e. The molecule has 0 saturated heterocycles. The van der Waals surface area contributed by atoms with Gasteiger partial charge in [0.15, 0.2) is 0 Å². The summed E-state index contributed by atoms with van der Waals surface area (Å²) in [5.74, 6) is 0. The summed E-state index contributed by atoms with van der Waals surface area (Å²) in [7, 11) is -2.01. The van der Waals surface area contributed by atoms with E-state index < -0.39 is 10.1 Å². The Bertz CT molecular complexity index is 909. The van der Waals surface area contributed by atoms with Crippen molar-refractivity contribution in [2.45, 2.75) is 231 Å². The zero-order valence-electron chi connectivity index (χ0n) is 33.1. The summed E-state index contributed by atoms with van der Waals surface area (Å²) in [6, 6.07) is 6.68. The highest BCUT2D eigenvalue weighted by atomic mass is 32.2. The highest BCUT2D eigenvalue weighted by molar-refractivity contribution is 7.85. The van der Waals surface area contributed by atoms with E-state index in [0.717, 1.165) is 16.6 Å². The predicted octanol–water partition coefficient (Wildman–Crippen LogP) is 14.1. The van der Waals surface area contributed by atoms with Crippen LogP contribution in [0.1, 0.15) is 225 Å². The minimum absolute atomic E-state index is 0.124. The Kier molecular flexibility index (Phi) is 29.9. The monoisotopic (exact) mass is 706 g/mol. The Morgan fingerprint density at radius 2 is 0.673 bits per heavy atom. The Morgan fingerprint density at radius 3 is 0.918 bits per heavy atom. The molecule has 0 amide bonds. The zero-order valence-corrected chi connectivity index (χ0v) is 34.0. The van der Waals surface area contributed by atoms with E-state index in [0.29, 0.717) is 0 Å². The van der Waals surface area contributed by atoms with Crippen molar-refractivity contribution in [3.05, 3.63) is 29.8 Å². The molecule has 4 nitrogen and oxygen atoms in total. The van der Waals surface area contributed by atoms with Crippen LogP contribution < -0.4 is 0 Å². The van der Waals surface area contributed by atoms with Crippen molar-refractivity contribution in [2.24, 2.45) is 0 Å². The first kappa shape index (κ1) is 46.1. The average molecular weight is 706 g/mol. The summed E-state index contributed by atoms with van der Waals surface area (Å²) in [5.41, 5.74) is 1.13. The van der Waals surface area contributed by atoms with E-state index in [4.69, 9.17) is 0 Å². The second-order valence-electron chi connectivity index (χ2n) is 15.9. The van der Waals surface area contributed by atoms with Gasteiger partial charge >= 0.3 is 0 Å². The summed E-state index contributed by atoms with van der Waals surface area (Å²) in [4.78, 5) is -0.124. The Morgan fingerprint density at radius 1 is 0.429 bits per heavy atom. The maximum absolute atomic E-state index is 11.4. The second-order valence-corrected chi connectivity index (χ2v) is 17.3. The van der Waals surface area contributed by atoms with Crippen LogP contribution in [-0.2, 0) is 16.7 Å². The molecule has 288 valence electrons. The first-order chi connectivity index (χ1) is 23.8. The third-order valence-corrected chi connectivity index (χ3v) is 11.7. The van der Waals surface area contributed by atoms with Gasteiger partial charge in [0.1, 0.15) is 16.7 Å². The van der Waals surface area contributed by atoms with Gasteiger partial charge in [0.25, 0.3) is 0 Å². The van der Waals surface area contributed by atoms with Gasteiger partial charge in [0.05, 0.1) is 25.0 Å². The van der Waals surface area contributed by atoms with Crippen LogP contribution in [0.25, 0.3) is 0 Å². The molecule has 0 heterocycles. The minimum atomic E-state index is -4.40. The van der Waals surface area contributed by atoms with E-state index >= 15 is 0 Å². The maximum Gasteiger partial charge on any atom is 0.124 e. The molecule has 1 rings (SSSR count). The Hall–Kier alpha value is -0.910. The molecule has 0 unspecified atom stereocenters. The molecular formula is C44H83NO3S. The van der Waals surface area contributed by atoms with Gasteiger partial charge < -0.3 is 9.04 Å². The molecule has 0 aliphatic rings. The first-order valence-electron chi connectivity index (χ1n) is 21.7. The first-order valence-corrected chi connectivity index (χ1v) is 23.1. The van der Waals surface area contributed by atoms with E-state index in [2.05, 4.69) is 20.9 Å². The normalized spacial score (nSPS) is 12.2. The van der Waals surface area contributed by atoms with Crippen LogP contribution >= 0.6 is 0 Å². The quantitative estimate of drug-likeness (QED) is 0.0393. The molecule has 0 aliphatic heterocycles. The van der Waals surface area contributed by atoms with Gasteiger partial charge in [-0.3, -0.25) is 0 Å². The lowest BCUT2D eigenvalue weighted by atomic mass is 10.0. The van der Waals surface area contributed by atoms with Crippen molar-refractivity contribution in [1.82, 2.24) is 0 Å². The predicted molar refractivity (Wildman–Crippen MR) is 213 cm³/mol. The molecule has 49 heavy (non-hydrogen) atoms. The van der Waals surface area contributed by atoms with Gasteiger partial charge in [-0.15, -0.1) is 0 Å². The number of hydrogen-bond acceptors (Lipinski definition) is 3. The standard InChI is InChI=1S/C44H83NO3S/c1-4-6-8-10-12-14-16-18-20-22-24-26-28-30-32-34-40-45(3,42-43-36-38-44(39-37-43)49(46,47)48)41-35-33-31-29-27-25-23-21-19-17-15-13-11-9-7-5-2/h36-39H,4-35,40-42H2,1-3H3. The molecule has 0 aromatic heterocycles. The second kappa shape index (κ2) is 31.8. The SMILES string of the molecule is CCCCCCCCCCCCCCCCCC[N+](C)(CCCCCCCCCCCCCCCCCC)Cc1ccc(S(=O)(=O)[O-])cc1. The summed E-state index contributed by atoms with van der Waals surface area (Å²) < 4.78 is 35.3. The van der Waals surface area contributed by atoms with Crippen LogP contribution in [0.5, 0.6) is 0 Å². The smallest absolute Gasteiger partial charge is 0.124 e. The molecular weight excluding hydrogens is 623 g/mol. The van der Waals surface area contributed by atoms with Gasteiger partial charge in [0.2, 0.25) is 0 Å². The fourth-order valence-electron chi connectivity index (χ4n) is 7.56. The van der Waals surface area contributed by atoms with Crippen LogP contribution in [0.15, 0.2) is 29.2 Å². The number of unbranched alkanes of at least 4 members (excludes halogenated alkanes) is 30. The fourth-order valence-corrected chi connectivity index (χ4v) is 8.02. The topological polar surface area (TPSA) is 57.2 Å². The van der Waals surface area contributed by atoms with Crippen LogP contribution in [0.4, 0.5) is 0 Å². The van der Waals surface area contributed by atoms with Crippen LogP contribution in [-0.4, -0.2) is 37.6 Å². The van der Waals surface area contributed by atoms with Crippen molar-refractivity contribution >= 4 is 10.1 Å². The number of benzene rings is 1. The third kappa shape index (κ3) is 28.4. The summed E-state index contributed by atoms with van der Waals surface area (Å²) in [6.07, 6.45) is 44.5. The van der Waals surface area contributed by atoms with E-state index in [9.17, 15) is 13.0 Å². The number of nitrogens with zero attached hydrogens (tertiary/aromatic N) is 1. The summed E-state index contributed by atoms with van der Waals surface area (Å²) in [6.45, 7) is 7.81. The van der Waals surface area contributed by atoms with Gasteiger partial charge in [-0.05, 0) is 37.8 Å². The lowest BCUT2D eigenvalue weighted by Crippen LogP contribution is -2.44.